The van der Waals surface area contributed by atoms with Gasteiger partial charge in [-0.05, 0) is 76.0 Å². The summed E-state index contributed by atoms with van der Waals surface area (Å²) in [5.41, 5.74) is 1.77. The predicted octanol–water partition coefficient (Wildman–Crippen LogP) is 2.48. The van der Waals surface area contributed by atoms with Crippen LogP contribution in [-0.4, -0.2) is 62.3 Å². The molecular weight excluding hydrogens is 362 g/mol. The molecule has 27 heavy (non-hydrogen) atoms. The average Bonchev–Trinajstić information content (AvgIpc) is 2.97. The van der Waals surface area contributed by atoms with Crippen molar-refractivity contribution in [2.24, 2.45) is 0 Å². The van der Waals surface area contributed by atoms with E-state index in [1.807, 2.05) is 6.92 Å². The molecule has 0 N–H and O–H groups in total. The SMILES string of the molecule is CCCN1CCC(N(C)S(=O)(=O)c2ccc3c(c2)C[C@H](C)N3C(C)=O)CC1. The quantitative estimate of drug-likeness (QED) is 0.771. The zero-order valence-electron chi connectivity index (χ0n) is 16.8. The maximum absolute atomic E-state index is 13.2. The van der Waals surface area contributed by atoms with Crippen molar-refractivity contribution in [3.8, 4) is 0 Å². The summed E-state index contributed by atoms with van der Waals surface area (Å²) in [6, 6.07) is 5.29. The first-order valence-corrected chi connectivity index (χ1v) is 11.3. The van der Waals surface area contributed by atoms with Crippen LogP contribution in [0.5, 0.6) is 0 Å². The minimum Gasteiger partial charge on any atom is -0.309 e. The molecule has 2 heterocycles. The first kappa shape index (κ1) is 20.3. The van der Waals surface area contributed by atoms with E-state index in [4.69, 9.17) is 0 Å². The second-order valence-electron chi connectivity index (χ2n) is 7.83. The highest BCUT2D eigenvalue weighted by Gasteiger charge is 2.33. The molecule has 2 aliphatic heterocycles. The summed E-state index contributed by atoms with van der Waals surface area (Å²) >= 11 is 0. The maximum atomic E-state index is 13.2. The van der Waals surface area contributed by atoms with Gasteiger partial charge in [-0.2, -0.15) is 4.31 Å². The third kappa shape index (κ3) is 3.91. The lowest BCUT2D eigenvalue weighted by Crippen LogP contribution is -2.45. The fraction of sp³-hybridized carbons (Fsp3) is 0.650. The molecule has 0 unspecified atom stereocenters. The van der Waals surface area contributed by atoms with Crippen molar-refractivity contribution >= 4 is 21.6 Å². The highest BCUT2D eigenvalue weighted by molar-refractivity contribution is 7.89. The van der Waals surface area contributed by atoms with Crippen molar-refractivity contribution < 1.29 is 13.2 Å². The fourth-order valence-electron chi connectivity index (χ4n) is 4.43. The Kier molecular flexibility index (Phi) is 5.93. The van der Waals surface area contributed by atoms with E-state index in [2.05, 4.69) is 11.8 Å². The summed E-state index contributed by atoms with van der Waals surface area (Å²) in [5, 5.41) is 0. The molecule has 3 rings (SSSR count). The zero-order chi connectivity index (χ0) is 19.8. The number of piperidine rings is 1. The van der Waals surface area contributed by atoms with Crippen LogP contribution >= 0.6 is 0 Å². The Bertz CT molecular complexity index is 801. The summed E-state index contributed by atoms with van der Waals surface area (Å²) in [6.45, 7) is 8.70. The van der Waals surface area contributed by atoms with Crippen LogP contribution in [0.1, 0.15) is 45.6 Å². The Morgan fingerprint density at radius 3 is 2.52 bits per heavy atom. The van der Waals surface area contributed by atoms with Gasteiger partial charge < -0.3 is 9.80 Å². The smallest absolute Gasteiger partial charge is 0.243 e. The van der Waals surface area contributed by atoms with Crippen LogP contribution in [0.15, 0.2) is 23.1 Å². The van der Waals surface area contributed by atoms with Gasteiger partial charge in [0.2, 0.25) is 15.9 Å². The first-order chi connectivity index (χ1) is 12.8. The molecule has 0 aliphatic carbocycles. The first-order valence-electron chi connectivity index (χ1n) is 9.88. The van der Waals surface area contributed by atoms with Crippen LogP contribution in [0.3, 0.4) is 0 Å². The number of hydrogen-bond acceptors (Lipinski definition) is 4. The number of nitrogens with zero attached hydrogens (tertiary/aromatic N) is 3. The highest BCUT2D eigenvalue weighted by atomic mass is 32.2. The van der Waals surface area contributed by atoms with Crippen molar-refractivity contribution in [1.29, 1.82) is 0 Å². The summed E-state index contributed by atoms with van der Waals surface area (Å²) in [6.07, 6.45) is 3.56. The van der Waals surface area contributed by atoms with Gasteiger partial charge in [0, 0.05) is 31.7 Å². The Labute approximate surface area is 163 Å². The molecule has 1 fully saturated rings. The molecule has 7 heteroatoms. The second-order valence-corrected chi connectivity index (χ2v) is 9.82. The molecule has 1 saturated heterocycles. The normalized spacial score (nSPS) is 21.7. The number of hydrogen-bond donors (Lipinski definition) is 0. The molecule has 0 aromatic heterocycles. The predicted molar refractivity (Wildman–Crippen MR) is 107 cm³/mol. The molecule has 6 nitrogen and oxygen atoms in total. The van der Waals surface area contributed by atoms with Gasteiger partial charge in [-0.3, -0.25) is 4.79 Å². The number of benzene rings is 1. The molecule has 2 aliphatic rings. The number of carbonyl (C=O) groups excluding carboxylic acids is 1. The van der Waals surface area contributed by atoms with E-state index >= 15 is 0 Å². The minimum absolute atomic E-state index is 0.00665. The van der Waals surface area contributed by atoms with Gasteiger partial charge >= 0.3 is 0 Å². The van der Waals surface area contributed by atoms with Crippen molar-refractivity contribution in [3.05, 3.63) is 23.8 Å². The summed E-state index contributed by atoms with van der Waals surface area (Å²) in [5.74, 6) is -0.00665. The molecule has 1 aromatic carbocycles. The monoisotopic (exact) mass is 393 g/mol. The molecule has 0 radical (unpaired) electrons. The van der Waals surface area contributed by atoms with Gasteiger partial charge in [0.15, 0.2) is 0 Å². The molecule has 1 aromatic rings. The van der Waals surface area contributed by atoms with E-state index in [-0.39, 0.29) is 18.0 Å². The van der Waals surface area contributed by atoms with Gasteiger partial charge in [-0.25, -0.2) is 8.42 Å². The van der Waals surface area contributed by atoms with Gasteiger partial charge in [-0.1, -0.05) is 6.92 Å². The van der Waals surface area contributed by atoms with Gasteiger partial charge in [0.25, 0.3) is 0 Å². The van der Waals surface area contributed by atoms with Crippen molar-refractivity contribution in [1.82, 2.24) is 9.21 Å². The number of rotatable bonds is 5. The largest absolute Gasteiger partial charge is 0.309 e. The molecule has 0 saturated carbocycles. The molecular formula is C20H31N3O3S. The number of carbonyl (C=O) groups is 1. The van der Waals surface area contributed by atoms with E-state index in [0.717, 1.165) is 50.1 Å². The summed E-state index contributed by atoms with van der Waals surface area (Å²) in [4.78, 5) is 16.4. The number of amides is 1. The maximum Gasteiger partial charge on any atom is 0.243 e. The number of anilines is 1. The second kappa shape index (κ2) is 7.89. The van der Waals surface area contributed by atoms with Crippen LogP contribution in [-0.2, 0) is 21.2 Å². The van der Waals surface area contributed by atoms with E-state index in [0.29, 0.717) is 11.3 Å². The topological polar surface area (TPSA) is 60.9 Å². The van der Waals surface area contributed by atoms with E-state index in [1.165, 1.54) is 0 Å². The Morgan fingerprint density at radius 1 is 1.26 bits per heavy atom. The third-order valence-corrected chi connectivity index (χ3v) is 7.80. The molecule has 0 bridgehead atoms. The highest BCUT2D eigenvalue weighted by Crippen LogP contribution is 2.35. The van der Waals surface area contributed by atoms with Crippen LogP contribution < -0.4 is 4.90 Å². The Balaban J connectivity index is 1.78. The third-order valence-electron chi connectivity index (χ3n) is 5.89. The molecule has 150 valence electrons. The van der Waals surface area contributed by atoms with Gasteiger partial charge in [-0.15, -0.1) is 0 Å². The number of likely N-dealkylation sites (tertiary alicyclic amines) is 1. The lowest BCUT2D eigenvalue weighted by Gasteiger charge is -2.36. The Hall–Kier alpha value is -1.44. The zero-order valence-corrected chi connectivity index (χ0v) is 17.6. The van der Waals surface area contributed by atoms with E-state index < -0.39 is 10.0 Å². The standard InChI is InChI=1S/C20H31N3O3S/c1-5-10-22-11-8-18(9-12-22)21(4)27(25,26)19-6-7-20-17(14-19)13-15(2)23(20)16(3)24/h6-7,14-15,18H,5,8-13H2,1-4H3/t15-/m0/s1. The van der Waals surface area contributed by atoms with Crippen LogP contribution in [0.2, 0.25) is 0 Å². The molecule has 1 amide bonds. The van der Waals surface area contributed by atoms with Crippen molar-refractivity contribution in [2.75, 3.05) is 31.6 Å². The Morgan fingerprint density at radius 2 is 1.93 bits per heavy atom. The lowest BCUT2D eigenvalue weighted by atomic mass is 10.1. The van der Waals surface area contributed by atoms with Crippen LogP contribution in [0, 0.1) is 0 Å². The molecule has 1 atom stereocenters. The summed E-state index contributed by atoms with van der Waals surface area (Å²) < 4.78 is 27.9. The summed E-state index contributed by atoms with van der Waals surface area (Å²) in [7, 11) is -1.83. The van der Waals surface area contributed by atoms with Gasteiger partial charge in [0.05, 0.1) is 4.90 Å². The van der Waals surface area contributed by atoms with Crippen molar-refractivity contribution in [2.45, 2.75) is 63.4 Å². The fourth-order valence-corrected chi connectivity index (χ4v) is 5.90. The number of fused-ring (bicyclic) bond motifs is 1. The van der Waals surface area contributed by atoms with E-state index in [1.54, 1.807) is 41.4 Å². The average molecular weight is 394 g/mol. The van der Waals surface area contributed by atoms with E-state index in [9.17, 15) is 13.2 Å². The number of sulfonamides is 1. The van der Waals surface area contributed by atoms with Gasteiger partial charge in [0.1, 0.15) is 0 Å². The van der Waals surface area contributed by atoms with Crippen LogP contribution in [0.4, 0.5) is 5.69 Å². The minimum atomic E-state index is -3.53. The lowest BCUT2D eigenvalue weighted by molar-refractivity contribution is -0.116. The molecule has 0 spiro atoms. The van der Waals surface area contributed by atoms with Crippen LogP contribution in [0.25, 0.3) is 0 Å². The van der Waals surface area contributed by atoms with Crippen molar-refractivity contribution in [3.63, 3.8) is 0 Å².